The number of aromatic nitrogens is 2. The Hall–Kier alpha value is -3.55. The van der Waals surface area contributed by atoms with Gasteiger partial charge < -0.3 is 24.2 Å². The molecule has 1 saturated heterocycles. The average Bonchev–Trinajstić information content (AvgIpc) is 3.33. The molecular formula is C23H26N4O4. The van der Waals surface area contributed by atoms with Crippen LogP contribution in [0, 0.1) is 0 Å². The Morgan fingerprint density at radius 1 is 1.06 bits per heavy atom. The van der Waals surface area contributed by atoms with E-state index in [1.165, 1.54) is 24.9 Å². The maximum absolute atomic E-state index is 12.5. The molecule has 0 bridgehead atoms. The molecule has 8 heteroatoms. The molecule has 1 N–H and O–H groups in total. The highest BCUT2D eigenvalue weighted by Crippen LogP contribution is 2.25. The molecule has 3 aromatic rings. The first kappa shape index (κ1) is 20.7. The second kappa shape index (κ2) is 9.51. The molecule has 0 atom stereocenters. The third kappa shape index (κ3) is 4.79. The number of benzene rings is 2. The summed E-state index contributed by atoms with van der Waals surface area (Å²) in [5.41, 5.74) is 2.78. The summed E-state index contributed by atoms with van der Waals surface area (Å²) in [5.74, 6) is 1.18. The fourth-order valence-electron chi connectivity index (χ4n) is 3.68. The number of ether oxygens (including phenoxy) is 2. The summed E-state index contributed by atoms with van der Waals surface area (Å²) >= 11 is 0. The zero-order valence-corrected chi connectivity index (χ0v) is 17.8. The predicted molar refractivity (Wildman–Crippen MR) is 117 cm³/mol. The van der Waals surface area contributed by atoms with E-state index in [1.807, 2.05) is 18.2 Å². The van der Waals surface area contributed by atoms with E-state index in [-0.39, 0.29) is 12.4 Å². The predicted octanol–water partition coefficient (Wildman–Crippen LogP) is 3.67. The van der Waals surface area contributed by atoms with Gasteiger partial charge in [0.05, 0.1) is 14.2 Å². The number of hydrogen-bond acceptors (Lipinski definition) is 7. The summed E-state index contributed by atoms with van der Waals surface area (Å²) in [4.78, 5) is 19.1. The van der Waals surface area contributed by atoms with Crippen LogP contribution in [-0.2, 0) is 6.54 Å². The molecule has 0 aliphatic carbocycles. The van der Waals surface area contributed by atoms with Gasteiger partial charge in [0.15, 0.2) is 0 Å². The minimum Gasteiger partial charge on any atom is -0.497 e. The Balaban J connectivity index is 1.41. The van der Waals surface area contributed by atoms with Crippen molar-refractivity contribution in [2.75, 3.05) is 32.2 Å². The highest BCUT2D eigenvalue weighted by atomic mass is 16.5. The quantitative estimate of drug-likeness (QED) is 0.621. The summed E-state index contributed by atoms with van der Waals surface area (Å²) in [6.07, 6.45) is 3.76. The Labute approximate surface area is 181 Å². The van der Waals surface area contributed by atoms with Crippen LogP contribution in [-0.4, -0.2) is 43.4 Å². The maximum Gasteiger partial charge on any atom is 0.316 e. The largest absolute Gasteiger partial charge is 0.497 e. The van der Waals surface area contributed by atoms with Crippen molar-refractivity contribution in [3.63, 3.8) is 0 Å². The molecule has 0 radical (unpaired) electrons. The summed E-state index contributed by atoms with van der Waals surface area (Å²) in [7, 11) is 3.16. The summed E-state index contributed by atoms with van der Waals surface area (Å²) in [6.45, 7) is 2.41. The van der Waals surface area contributed by atoms with Crippen LogP contribution in [0.1, 0.15) is 35.5 Å². The Bertz CT molecular complexity index is 1030. The van der Waals surface area contributed by atoms with Crippen LogP contribution in [0.3, 0.4) is 0 Å². The van der Waals surface area contributed by atoms with Crippen molar-refractivity contribution in [1.82, 2.24) is 15.5 Å². The molecule has 1 amide bonds. The first-order chi connectivity index (χ1) is 15.2. The second-order valence-corrected chi connectivity index (χ2v) is 7.38. The van der Waals surface area contributed by atoms with Crippen molar-refractivity contribution in [2.24, 2.45) is 0 Å². The lowest BCUT2D eigenvalue weighted by molar-refractivity contribution is 0.0906. The molecule has 0 saturated carbocycles. The van der Waals surface area contributed by atoms with Crippen molar-refractivity contribution in [2.45, 2.75) is 25.8 Å². The van der Waals surface area contributed by atoms with E-state index >= 15 is 0 Å². The normalized spacial score (nSPS) is 13.7. The molecule has 2 aromatic carbocycles. The minimum atomic E-state index is -0.450. The van der Waals surface area contributed by atoms with Crippen molar-refractivity contribution in [3.05, 3.63) is 53.9 Å². The van der Waals surface area contributed by atoms with Gasteiger partial charge >= 0.3 is 11.8 Å². The zero-order chi connectivity index (χ0) is 21.6. The molecular weight excluding hydrogens is 396 g/mol. The van der Waals surface area contributed by atoms with E-state index in [4.69, 9.17) is 14.0 Å². The maximum atomic E-state index is 12.5. The number of anilines is 1. The van der Waals surface area contributed by atoms with Gasteiger partial charge in [-0.15, -0.1) is 0 Å². The Kier molecular flexibility index (Phi) is 6.35. The molecule has 1 aromatic heterocycles. The second-order valence-electron chi connectivity index (χ2n) is 7.38. The number of amides is 1. The van der Waals surface area contributed by atoms with Crippen LogP contribution in [0.4, 0.5) is 5.69 Å². The molecule has 0 unspecified atom stereocenters. The third-order valence-electron chi connectivity index (χ3n) is 5.39. The standard InChI is InChI=1S/C23H26N4O4/c1-29-19-10-11-20(30-2)17(14-19)15-24-22(28)23-25-21(26-31-23)16-6-8-18(9-7-16)27-12-4-3-5-13-27/h6-11,14H,3-5,12-13,15H2,1-2H3,(H,24,28). The van der Waals surface area contributed by atoms with Crippen molar-refractivity contribution in [1.29, 1.82) is 0 Å². The van der Waals surface area contributed by atoms with Gasteiger partial charge in [0.25, 0.3) is 0 Å². The van der Waals surface area contributed by atoms with Crippen molar-refractivity contribution in [3.8, 4) is 22.9 Å². The molecule has 8 nitrogen and oxygen atoms in total. The lowest BCUT2D eigenvalue weighted by atomic mass is 10.1. The van der Waals surface area contributed by atoms with Gasteiger partial charge in [0.1, 0.15) is 11.5 Å². The first-order valence-electron chi connectivity index (χ1n) is 10.4. The molecule has 4 rings (SSSR count). The van der Waals surface area contributed by atoms with Gasteiger partial charge in [-0.25, -0.2) is 0 Å². The molecule has 0 spiro atoms. The number of methoxy groups -OCH3 is 2. The van der Waals surface area contributed by atoms with Crippen LogP contribution in [0.25, 0.3) is 11.4 Å². The number of nitrogens with one attached hydrogen (secondary N) is 1. The fraction of sp³-hybridized carbons (Fsp3) is 0.348. The van der Waals surface area contributed by atoms with Crippen molar-refractivity contribution >= 4 is 11.6 Å². The first-order valence-corrected chi connectivity index (χ1v) is 10.4. The highest BCUT2D eigenvalue weighted by Gasteiger charge is 2.17. The van der Waals surface area contributed by atoms with Crippen LogP contribution in [0.5, 0.6) is 11.5 Å². The number of carbonyl (C=O) groups is 1. The fourth-order valence-corrected chi connectivity index (χ4v) is 3.68. The van der Waals surface area contributed by atoms with Crippen LogP contribution < -0.4 is 19.7 Å². The summed E-state index contributed by atoms with van der Waals surface area (Å²) in [6, 6.07) is 13.4. The van der Waals surface area contributed by atoms with Gasteiger partial charge in [-0.2, -0.15) is 4.98 Å². The number of carbonyl (C=O) groups excluding carboxylic acids is 1. The Morgan fingerprint density at radius 2 is 1.84 bits per heavy atom. The van der Waals surface area contributed by atoms with E-state index in [0.29, 0.717) is 17.3 Å². The molecule has 2 heterocycles. The molecule has 1 aliphatic rings. The highest BCUT2D eigenvalue weighted by molar-refractivity contribution is 5.89. The Morgan fingerprint density at radius 3 is 2.55 bits per heavy atom. The average molecular weight is 422 g/mol. The smallest absolute Gasteiger partial charge is 0.316 e. The van der Waals surface area contributed by atoms with Crippen LogP contribution in [0.2, 0.25) is 0 Å². The monoisotopic (exact) mass is 422 g/mol. The van der Waals surface area contributed by atoms with Gasteiger partial charge in [-0.05, 0) is 61.7 Å². The number of piperidine rings is 1. The number of hydrogen-bond donors (Lipinski definition) is 1. The van der Waals surface area contributed by atoms with Gasteiger partial charge in [-0.3, -0.25) is 4.79 Å². The molecule has 1 fully saturated rings. The van der Waals surface area contributed by atoms with Gasteiger partial charge in [0, 0.05) is 36.4 Å². The molecule has 162 valence electrons. The summed E-state index contributed by atoms with van der Waals surface area (Å²) in [5, 5.41) is 6.74. The van der Waals surface area contributed by atoms with Gasteiger partial charge in [0.2, 0.25) is 5.82 Å². The number of rotatable bonds is 7. The lowest BCUT2D eigenvalue weighted by Gasteiger charge is -2.28. The van der Waals surface area contributed by atoms with Crippen LogP contribution in [0.15, 0.2) is 47.0 Å². The SMILES string of the molecule is COc1ccc(OC)c(CNC(=O)c2nc(-c3ccc(N4CCCCC4)cc3)no2)c1. The topological polar surface area (TPSA) is 89.7 Å². The van der Waals surface area contributed by atoms with Crippen LogP contribution >= 0.6 is 0 Å². The number of nitrogens with zero attached hydrogens (tertiary/aromatic N) is 3. The third-order valence-corrected chi connectivity index (χ3v) is 5.39. The minimum absolute atomic E-state index is 0.0861. The van der Waals surface area contributed by atoms with E-state index in [9.17, 15) is 4.79 Å². The van der Waals surface area contributed by atoms with E-state index in [0.717, 1.165) is 24.2 Å². The molecule has 31 heavy (non-hydrogen) atoms. The summed E-state index contributed by atoms with van der Waals surface area (Å²) < 4.78 is 15.7. The van der Waals surface area contributed by atoms with E-state index in [2.05, 4.69) is 32.5 Å². The molecule has 1 aliphatic heterocycles. The van der Waals surface area contributed by atoms with Gasteiger partial charge in [-0.1, -0.05) is 5.16 Å². The zero-order valence-electron chi connectivity index (χ0n) is 17.8. The lowest BCUT2D eigenvalue weighted by Crippen LogP contribution is -2.29. The van der Waals surface area contributed by atoms with E-state index in [1.54, 1.807) is 26.4 Å². The van der Waals surface area contributed by atoms with E-state index < -0.39 is 5.91 Å². The van der Waals surface area contributed by atoms with Crippen molar-refractivity contribution < 1.29 is 18.8 Å².